The number of nitrogens with zero attached hydrogens (tertiary/aromatic N) is 2. The fourth-order valence-corrected chi connectivity index (χ4v) is 13.2. The van der Waals surface area contributed by atoms with Crippen molar-refractivity contribution in [2.24, 2.45) is 0 Å². The van der Waals surface area contributed by atoms with Gasteiger partial charge < -0.3 is 4.57 Å². The lowest BCUT2D eigenvalue weighted by atomic mass is 10.1. The van der Waals surface area contributed by atoms with Crippen molar-refractivity contribution in [3.8, 4) is 11.1 Å². The van der Waals surface area contributed by atoms with Gasteiger partial charge in [0.05, 0.1) is 16.4 Å². The molecule has 0 aliphatic heterocycles. The van der Waals surface area contributed by atoms with Crippen molar-refractivity contribution >= 4 is 50.9 Å². The molecule has 0 saturated heterocycles. The van der Waals surface area contributed by atoms with Gasteiger partial charge in [-0.3, -0.25) is 4.79 Å². The highest BCUT2D eigenvalue weighted by molar-refractivity contribution is 7.92. The number of imidazole rings is 1. The minimum absolute atomic E-state index is 0.0591. The predicted molar refractivity (Wildman–Crippen MR) is 167 cm³/mol. The molecule has 5 rings (SSSR count). The van der Waals surface area contributed by atoms with Gasteiger partial charge in [-0.15, -0.1) is 0 Å². The number of benzene rings is 3. The number of aromatic nitrogens is 2. The van der Waals surface area contributed by atoms with Gasteiger partial charge in [-0.1, -0.05) is 74.6 Å². The van der Waals surface area contributed by atoms with Crippen LogP contribution in [0.4, 0.5) is 0 Å². The smallest absolute Gasteiger partial charge is 0.264 e. The van der Waals surface area contributed by atoms with Gasteiger partial charge in [0.2, 0.25) is 10.0 Å². The molecule has 1 N–H and O–H groups in total. The van der Waals surface area contributed by atoms with Gasteiger partial charge in [0.25, 0.3) is 5.91 Å². The molecule has 3 aromatic carbocycles. The number of rotatable bonds is 10. The van der Waals surface area contributed by atoms with Gasteiger partial charge in [-0.2, -0.15) is 11.3 Å². The van der Waals surface area contributed by atoms with E-state index in [1.807, 2.05) is 19.2 Å². The fraction of sp³-hybridized carbons (Fsp3) is 0.226. The van der Waals surface area contributed by atoms with E-state index in [9.17, 15) is 13.2 Å². The second-order valence-electron chi connectivity index (χ2n) is 10.7. The largest absolute Gasteiger partial charge is 0.323 e. The molecule has 2 heterocycles. The van der Waals surface area contributed by atoms with Crippen molar-refractivity contribution in [1.29, 1.82) is 0 Å². The first-order chi connectivity index (χ1) is 19.1. The third kappa shape index (κ3) is 6.27. The first-order valence-electron chi connectivity index (χ1n) is 13.4. The van der Waals surface area contributed by atoms with Gasteiger partial charge in [0.15, 0.2) is 0 Å². The summed E-state index contributed by atoms with van der Waals surface area (Å²) in [4.78, 5) is 17.3. The Kier molecular flexibility index (Phi) is 8.07. The molecule has 0 radical (unpaired) electrons. The summed E-state index contributed by atoms with van der Waals surface area (Å²) in [6, 6.07) is 27.4. The number of hydrogen-bond donors (Lipinski definition) is 1. The fourth-order valence-electron chi connectivity index (χ4n) is 4.92. The van der Waals surface area contributed by atoms with Crippen molar-refractivity contribution in [2.45, 2.75) is 39.4 Å². The molecule has 0 unspecified atom stereocenters. The van der Waals surface area contributed by atoms with E-state index >= 15 is 0 Å². The molecule has 0 aliphatic carbocycles. The van der Waals surface area contributed by atoms with Gasteiger partial charge >= 0.3 is 0 Å². The zero-order valence-corrected chi connectivity index (χ0v) is 25.6. The number of amides is 1. The summed E-state index contributed by atoms with van der Waals surface area (Å²) in [5, 5.41) is 2.04. The summed E-state index contributed by atoms with van der Waals surface area (Å²) in [6.45, 7) is 6.99. The second-order valence-corrected chi connectivity index (χ2v) is 18.9. The molecular formula is C31H33N3O3S2Si. The number of carbonyl (C=O) groups is 1. The van der Waals surface area contributed by atoms with Crippen LogP contribution >= 0.6 is 11.3 Å². The Morgan fingerprint density at radius 3 is 2.38 bits per heavy atom. The number of aryl methyl sites for hydroxylation is 1. The van der Waals surface area contributed by atoms with E-state index in [-0.39, 0.29) is 5.38 Å². The molecule has 6 nitrogen and oxygen atoms in total. The summed E-state index contributed by atoms with van der Waals surface area (Å²) in [6.07, 6.45) is 1.99. The maximum absolute atomic E-state index is 12.9. The Labute approximate surface area is 240 Å². The quantitative estimate of drug-likeness (QED) is 0.204. The number of carbonyl (C=O) groups excluding carboxylic acids is 1. The maximum Gasteiger partial charge on any atom is 0.264 e. The molecule has 2 aromatic heterocycles. The van der Waals surface area contributed by atoms with Crippen LogP contribution in [-0.4, -0.2) is 37.3 Å². The Balaban J connectivity index is 1.29. The minimum Gasteiger partial charge on any atom is -0.323 e. The Morgan fingerprint density at radius 2 is 1.65 bits per heavy atom. The van der Waals surface area contributed by atoms with Crippen molar-refractivity contribution in [2.75, 3.05) is 5.38 Å². The Bertz CT molecular complexity index is 1740. The number of fused-ring (bicyclic) bond motifs is 1. The van der Waals surface area contributed by atoms with Crippen molar-refractivity contribution in [3.05, 3.63) is 107 Å². The number of sulfonamides is 1. The molecule has 0 saturated carbocycles. The van der Waals surface area contributed by atoms with Crippen LogP contribution in [0, 0.1) is 0 Å². The van der Waals surface area contributed by atoms with Crippen molar-refractivity contribution < 1.29 is 13.2 Å². The lowest BCUT2D eigenvalue weighted by Gasteiger charge is -2.20. The average molecular weight is 588 g/mol. The SMILES string of the molecule is CCCc1nc2ccccc2n1Cc1ccc(-c2csc([Si](C)(C)CS(=O)(=O)NC(=O)c3ccccc3)c2)cc1. The molecule has 5 aromatic rings. The van der Waals surface area contributed by atoms with E-state index in [0.717, 1.165) is 51.9 Å². The standard InChI is InChI=1S/C31H33N3O3S2Si/c1-4-10-29-32-27-13-8-9-14-28(27)34(29)20-23-15-17-24(18-16-23)26-19-30(38-21-26)40(2,3)22-39(36,37)33-31(35)25-11-6-5-7-12-25/h5-9,11-19,21H,4,10,20,22H2,1-3H3,(H,33,35). The molecule has 1 amide bonds. The molecule has 9 heteroatoms. The maximum atomic E-state index is 12.9. The van der Waals surface area contributed by atoms with Crippen molar-refractivity contribution in [1.82, 2.24) is 14.3 Å². The molecule has 0 aliphatic rings. The number of hydrogen-bond acceptors (Lipinski definition) is 5. The molecule has 206 valence electrons. The summed E-state index contributed by atoms with van der Waals surface area (Å²) in [7, 11) is -6.17. The van der Waals surface area contributed by atoms with Crippen LogP contribution in [-0.2, 0) is 23.0 Å². The number of thiophene rings is 1. The number of para-hydroxylation sites is 2. The molecule has 0 spiro atoms. The summed E-state index contributed by atoms with van der Waals surface area (Å²) in [5.41, 5.74) is 5.89. The average Bonchev–Trinajstić information content (AvgIpc) is 3.56. The Morgan fingerprint density at radius 1 is 0.950 bits per heavy atom. The van der Waals surface area contributed by atoms with Crippen LogP contribution in [0.1, 0.15) is 35.1 Å². The van der Waals surface area contributed by atoms with Crippen LogP contribution in [0.2, 0.25) is 13.1 Å². The topological polar surface area (TPSA) is 81.1 Å². The van der Waals surface area contributed by atoms with Gasteiger partial charge in [-0.25, -0.2) is 18.1 Å². The van der Waals surface area contributed by atoms with Gasteiger partial charge in [0.1, 0.15) is 13.9 Å². The monoisotopic (exact) mass is 587 g/mol. The first kappa shape index (κ1) is 28.0. The van der Waals surface area contributed by atoms with Crippen LogP contribution < -0.4 is 9.22 Å². The van der Waals surface area contributed by atoms with Crippen LogP contribution in [0.3, 0.4) is 0 Å². The highest BCUT2D eigenvalue weighted by atomic mass is 32.2. The number of nitrogens with one attached hydrogen (secondary N) is 1. The van der Waals surface area contributed by atoms with E-state index in [4.69, 9.17) is 4.98 Å². The summed E-state index contributed by atoms with van der Waals surface area (Å²) < 4.78 is 31.4. The molecule has 0 fully saturated rings. The van der Waals surface area contributed by atoms with Crippen LogP contribution in [0.25, 0.3) is 22.2 Å². The van der Waals surface area contributed by atoms with E-state index in [1.165, 1.54) is 5.56 Å². The van der Waals surface area contributed by atoms with E-state index in [2.05, 4.69) is 70.1 Å². The normalized spacial score (nSPS) is 12.1. The second kappa shape index (κ2) is 11.5. The molecule has 0 atom stereocenters. The van der Waals surface area contributed by atoms with E-state index in [1.54, 1.807) is 41.7 Å². The molecule has 0 bridgehead atoms. The summed E-state index contributed by atoms with van der Waals surface area (Å²) >= 11 is 1.60. The third-order valence-corrected chi connectivity index (χ3v) is 16.1. The minimum atomic E-state index is -3.78. The zero-order valence-electron chi connectivity index (χ0n) is 22.9. The third-order valence-electron chi connectivity index (χ3n) is 6.94. The van der Waals surface area contributed by atoms with E-state index < -0.39 is 24.0 Å². The first-order valence-corrected chi connectivity index (χ1v) is 19.1. The Hall–Kier alpha value is -3.53. The highest BCUT2D eigenvalue weighted by Crippen LogP contribution is 2.25. The van der Waals surface area contributed by atoms with E-state index in [0.29, 0.717) is 5.56 Å². The lowest BCUT2D eigenvalue weighted by molar-refractivity contribution is 0.0981. The molecular weight excluding hydrogens is 555 g/mol. The van der Waals surface area contributed by atoms with Crippen LogP contribution in [0.5, 0.6) is 0 Å². The highest BCUT2D eigenvalue weighted by Gasteiger charge is 2.33. The van der Waals surface area contributed by atoms with Gasteiger partial charge in [-0.05, 0) is 63.3 Å². The predicted octanol–water partition coefficient (Wildman–Crippen LogP) is 5.98. The van der Waals surface area contributed by atoms with Crippen LogP contribution in [0.15, 0.2) is 90.3 Å². The lowest BCUT2D eigenvalue weighted by Crippen LogP contribution is -2.50. The zero-order chi connectivity index (χ0) is 28.3. The molecule has 40 heavy (non-hydrogen) atoms. The summed E-state index contributed by atoms with van der Waals surface area (Å²) in [5.74, 6) is 0.514. The van der Waals surface area contributed by atoms with Gasteiger partial charge in [0, 0.05) is 18.5 Å². The van der Waals surface area contributed by atoms with Crippen molar-refractivity contribution in [3.63, 3.8) is 0 Å².